The largest absolute Gasteiger partial charge is 0.357 e. The van der Waals surface area contributed by atoms with E-state index in [0.717, 1.165) is 42.2 Å². The summed E-state index contributed by atoms with van der Waals surface area (Å²) in [5, 5.41) is 3.36. The molecule has 0 radical (unpaired) electrons. The molecule has 5 nitrogen and oxygen atoms in total. The Bertz CT molecular complexity index is 675. The van der Waals surface area contributed by atoms with Crippen molar-refractivity contribution in [3.8, 4) is 0 Å². The molecule has 0 saturated heterocycles. The van der Waals surface area contributed by atoms with Crippen molar-refractivity contribution in [2.45, 2.75) is 26.8 Å². The van der Waals surface area contributed by atoms with Crippen molar-refractivity contribution in [3.05, 3.63) is 52.0 Å². The van der Waals surface area contributed by atoms with Gasteiger partial charge in [-0.15, -0.1) is 0 Å². The molecule has 0 atom stereocenters. The Kier molecular flexibility index (Phi) is 6.85. The first-order chi connectivity index (χ1) is 11.5. The summed E-state index contributed by atoms with van der Waals surface area (Å²) in [5.74, 6) is 0.926. The van der Waals surface area contributed by atoms with Gasteiger partial charge in [0.15, 0.2) is 5.96 Å². The number of nitrogens with one attached hydrogen (secondary N) is 1. The molecule has 0 aliphatic rings. The van der Waals surface area contributed by atoms with Gasteiger partial charge in [0, 0.05) is 55.4 Å². The van der Waals surface area contributed by atoms with Crippen LogP contribution in [0, 0.1) is 6.92 Å². The molecule has 2 aromatic heterocycles. The van der Waals surface area contributed by atoms with Gasteiger partial charge in [-0.1, -0.05) is 6.07 Å². The topological polar surface area (TPSA) is 45.5 Å². The molecule has 6 heteroatoms. The summed E-state index contributed by atoms with van der Waals surface area (Å²) in [7, 11) is 4.12. The molecule has 0 saturated carbocycles. The number of halogens is 1. The Hall–Kier alpha value is -1.82. The Morgan fingerprint density at radius 1 is 1.42 bits per heavy atom. The number of aliphatic imine (C=N–C) groups is 1. The van der Waals surface area contributed by atoms with E-state index in [2.05, 4.69) is 75.0 Å². The summed E-state index contributed by atoms with van der Waals surface area (Å²) in [4.78, 5) is 11.2. The molecular weight excluding hydrogens is 366 g/mol. The van der Waals surface area contributed by atoms with E-state index in [9.17, 15) is 0 Å². The highest BCUT2D eigenvalue weighted by molar-refractivity contribution is 9.10. The molecule has 0 bridgehead atoms. The summed E-state index contributed by atoms with van der Waals surface area (Å²) in [6.07, 6.45) is 4.90. The van der Waals surface area contributed by atoms with Gasteiger partial charge in [0.25, 0.3) is 0 Å². The number of guanidine groups is 1. The molecule has 0 aliphatic carbocycles. The van der Waals surface area contributed by atoms with Gasteiger partial charge in [-0.25, -0.2) is 0 Å². The van der Waals surface area contributed by atoms with Crippen LogP contribution in [-0.4, -0.2) is 40.5 Å². The molecule has 2 aromatic rings. The van der Waals surface area contributed by atoms with Crippen LogP contribution in [0.5, 0.6) is 0 Å². The first-order valence-corrected chi connectivity index (χ1v) is 9.00. The van der Waals surface area contributed by atoms with Crippen molar-refractivity contribution in [1.82, 2.24) is 19.8 Å². The second kappa shape index (κ2) is 8.87. The van der Waals surface area contributed by atoms with Crippen molar-refractivity contribution < 1.29 is 0 Å². The zero-order chi connectivity index (χ0) is 17.5. The quantitative estimate of drug-likeness (QED) is 0.607. The van der Waals surface area contributed by atoms with E-state index in [1.165, 1.54) is 11.3 Å². The fourth-order valence-corrected chi connectivity index (χ4v) is 3.02. The van der Waals surface area contributed by atoms with Crippen LogP contribution in [0.25, 0.3) is 0 Å². The summed E-state index contributed by atoms with van der Waals surface area (Å²) < 4.78 is 3.23. The van der Waals surface area contributed by atoms with Crippen LogP contribution in [0.2, 0.25) is 0 Å². The van der Waals surface area contributed by atoms with Gasteiger partial charge in [0.1, 0.15) is 0 Å². The van der Waals surface area contributed by atoms with E-state index in [4.69, 9.17) is 4.99 Å². The van der Waals surface area contributed by atoms with Gasteiger partial charge in [0.05, 0.1) is 6.54 Å². The normalized spacial score (nSPS) is 11.6. The molecule has 24 heavy (non-hydrogen) atoms. The number of nitrogens with zero attached hydrogens (tertiary/aromatic N) is 4. The second-order valence-electron chi connectivity index (χ2n) is 5.91. The monoisotopic (exact) mass is 391 g/mol. The highest BCUT2D eigenvalue weighted by atomic mass is 79.9. The molecule has 2 rings (SSSR count). The van der Waals surface area contributed by atoms with Crippen LogP contribution in [0.3, 0.4) is 0 Å². The maximum Gasteiger partial charge on any atom is 0.194 e. The van der Waals surface area contributed by atoms with Crippen molar-refractivity contribution in [2.75, 3.05) is 20.1 Å². The van der Waals surface area contributed by atoms with E-state index in [1.807, 2.05) is 19.2 Å². The molecule has 130 valence electrons. The van der Waals surface area contributed by atoms with Crippen LogP contribution in [0.15, 0.2) is 40.1 Å². The van der Waals surface area contributed by atoms with Gasteiger partial charge in [0.2, 0.25) is 0 Å². The lowest BCUT2D eigenvalue weighted by Gasteiger charge is -2.22. The number of aromatic nitrogens is 2. The fourth-order valence-electron chi connectivity index (χ4n) is 2.45. The van der Waals surface area contributed by atoms with Crippen molar-refractivity contribution >= 4 is 21.9 Å². The van der Waals surface area contributed by atoms with E-state index in [1.54, 1.807) is 0 Å². The van der Waals surface area contributed by atoms with Gasteiger partial charge in [-0.2, -0.15) is 0 Å². The minimum absolute atomic E-state index is 0.744. The number of hydrogen-bond acceptors (Lipinski definition) is 2. The zero-order valence-corrected chi connectivity index (χ0v) is 16.5. The van der Waals surface area contributed by atoms with Crippen LogP contribution in [0.4, 0.5) is 0 Å². The minimum atomic E-state index is 0.744. The second-order valence-corrected chi connectivity index (χ2v) is 6.83. The average molecular weight is 392 g/mol. The zero-order valence-electron chi connectivity index (χ0n) is 14.9. The first kappa shape index (κ1) is 18.5. The van der Waals surface area contributed by atoms with Crippen LogP contribution in [0.1, 0.15) is 23.9 Å². The summed E-state index contributed by atoms with van der Waals surface area (Å²) in [5.41, 5.74) is 3.50. The van der Waals surface area contributed by atoms with Crippen molar-refractivity contribution in [3.63, 3.8) is 0 Å². The Morgan fingerprint density at radius 2 is 2.21 bits per heavy atom. The third-order valence-electron chi connectivity index (χ3n) is 3.80. The SMILES string of the molecule is CCNC(=NCCc1ccc(C)nc1)N(C)Cc1cc(Br)cn1C. The number of rotatable bonds is 6. The maximum absolute atomic E-state index is 4.75. The standard InChI is InChI=1S/C18H26BrN5/c1-5-20-18(21-9-8-15-7-6-14(2)22-11-15)24(4)13-17-10-16(19)12-23(17)3/h6-7,10-12H,5,8-9,13H2,1-4H3,(H,20,21). The number of aryl methyl sites for hydroxylation is 2. The van der Waals surface area contributed by atoms with Gasteiger partial charge in [-0.3, -0.25) is 9.98 Å². The molecule has 0 aromatic carbocycles. The molecule has 0 amide bonds. The number of hydrogen-bond donors (Lipinski definition) is 1. The van der Waals surface area contributed by atoms with E-state index in [0.29, 0.717) is 0 Å². The van der Waals surface area contributed by atoms with Gasteiger partial charge in [-0.05, 0) is 53.9 Å². The molecule has 0 unspecified atom stereocenters. The third kappa shape index (κ3) is 5.37. The first-order valence-electron chi connectivity index (χ1n) is 8.21. The van der Waals surface area contributed by atoms with Gasteiger partial charge >= 0.3 is 0 Å². The summed E-state index contributed by atoms with van der Waals surface area (Å²) in [6.45, 7) is 6.49. The molecule has 0 spiro atoms. The lowest BCUT2D eigenvalue weighted by molar-refractivity contribution is 0.462. The molecule has 0 fully saturated rings. The summed E-state index contributed by atoms with van der Waals surface area (Å²) >= 11 is 3.52. The highest BCUT2D eigenvalue weighted by Gasteiger charge is 2.09. The van der Waals surface area contributed by atoms with Crippen molar-refractivity contribution in [1.29, 1.82) is 0 Å². The van der Waals surface area contributed by atoms with E-state index < -0.39 is 0 Å². The van der Waals surface area contributed by atoms with E-state index >= 15 is 0 Å². The van der Waals surface area contributed by atoms with Crippen molar-refractivity contribution in [2.24, 2.45) is 12.0 Å². The average Bonchev–Trinajstić information content (AvgIpc) is 2.86. The lowest BCUT2D eigenvalue weighted by Crippen LogP contribution is -2.39. The molecular formula is C18H26BrN5. The smallest absolute Gasteiger partial charge is 0.194 e. The van der Waals surface area contributed by atoms with E-state index in [-0.39, 0.29) is 0 Å². The van der Waals surface area contributed by atoms with Crippen LogP contribution in [-0.2, 0) is 20.0 Å². The molecule has 2 heterocycles. The predicted molar refractivity (Wildman–Crippen MR) is 103 cm³/mol. The minimum Gasteiger partial charge on any atom is -0.357 e. The predicted octanol–water partition coefficient (Wildman–Crippen LogP) is 3.13. The molecule has 1 N–H and O–H groups in total. The fraction of sp³-hybridized carbons (Fsp3) is 0.444. The van der Waals surface area contributed by atoms with Gasteiger partial charge < -0.3 is 14.8 Å². The highest BCUT2D eigenvalue weighted by Crippen LogP contribution is 2.15. The van der Waals surface area contributed by atoms with Crippen LogP contribution >= 0.6 is 15.9 Å². The Balaban J connectivity index is 1.98. The molecule has 0 aliphatic heterocycles. The Labute approximate surface area is 152 Å². The lowest BCUT2D eigenvalue weighted by atomic mass is 10.2. The van der Waals surface area contributed by atoms with Crippen LogP contribution < -0.4 is 5.32 Å². The Morgan fingerprint density at radius 3 is 2.79 bits per heavy atom. The third-order valence-corrected chi connectivity index (χ3v) is 4.24. The number of pyridine rings is 1. The maximum atomic E-state index is 4.75. The summed E-state index contributed by atoms with van der Waals surface area (Å²) in [6, 6.07) is 6.30.